The van der Waals surface area contributed by atoms with Crippen LogP contribution in [0.25, 0.3) is 0 Å². The summed E-state index contributed by atoms with van der Waals surface area (Å²) in [6.07, 6.45) is 1.69. The van der Waals surface area contributed by atoms with Crippen molar-refractivity contribution in [1.29, 1.82) is 0 Å². The molecular weight excluding hydrogens is 378 g/mol. The van der Waals surface area contributed by atoms with E-state index in [0.717, 1.165) is 11.6 Å². The van der Waals surface area contributed by atoms with Crippen LogP contribution in [0, 0.1) is 13.8 Å². The minimum absolute atomic E-state index is 0.0383. The largest absolute Gasteiger partial charge is 0.478 e. The molecule has 1 heterocycles. The van der Waals surface area contributed by atoms with Crippen molar-refractivity contribution in [3.63, 3.8) is 0 Å². The number of carboxylic acid groups (broad SMARTS) is 1. The number of benzene rings is 2. The zero-order valence-corrected chi connectivity index (χ0v) is 16.6. The van der Waals surface area contributed by atoms with Gasteiger partial charge in [0.1, 0.15) is 0 Å². The Bertz CT molecular complexity index is 1120. The summed E-state index contributed by atoms with van der Waals surface area (Å²) in [4.78, 5) is 11.3. The first kappa shape index (κ1) is 19.6. The summed E-state index contributed by atoms with van der Waals surface area (Å²) < 4.78 is 29.6. The fraction of sp³-hybridized carbons (Fsp3) is 0.200. The summed E-state index contributed by atoms with van der Waals surface area (Å²) in [6, 6.07) is 13.8. The monoisotopic (exact) mass is 399 g/mol. The predicted octanol–water partition coefficient (Wildman–Crippen LogP) is 3.61. The lowest BCUT2D eigenvalue weighted by Gasteiger charge is -2.13. The number of anilines is 1. The number of carboxylic acids is 1. The van der Waals surface area contributed by atoms with Gasteiger partial charge >= 0.3 is 5.97 Å². The van der Waals surface area contributed by atoms with Crippen LogP contribution < -0.4 is 4.72 Å². The van der Waals surface area contributed by atoms with Crippen molar-refractivity contribution in [2.45, 2.75) is 31.7 Å². The number of hydrogen-bond acceptors (Lipinski definition) is 4. The Hall–Kier alpha value is -3.13. The van der Waals surface area contributed by atoms with Crippen LogP contribution >= 0.6 is 0 Å². The third-order valence-corrected chi connectivity index (χ3v) is 6.04. The highest BCUT2D eigenvalue weighted by atomic mass is 32.2. The molecule has 0 aliphatic rings. The highest BCUT2D eigenvalue weighted by molar-refractivity contribution is 7.92. The second-order valence-electron chi connectivity index (χ2n) is 6.59. The fourth-order valence-electron chi connectivity index (χ4n) is 2.89. The van der Waals surface area contributed by atoms with Gasteiger partial charge in [0.25, 0.3) is 10.0 Å². The first-order chi connectivity index (χ1) is 13.2. The second kappa shape index (κ2) is 7.47. The number of aromatic nitrogens is 2. The number of nitrogens with zero attached hydrogens (tertiary/aromatic N) is 2. The van der Waals surface area contributed by atoms with E-state index in [1.807, 2.05) is 37.3 Å². The van der Waals surface area contributed by atoms with Crippen molar-refractivity contribution in [1.82, 2.24) is 9.78 Å². The van der Waals surface area contributed by atoms with Gasteiger partial charge in [-0.3, -0.25) is 9.40 Å². The SMILES string of the molecule is Cc1cc(S(=O)(=O)Nc2ccn(C(C)c3ccccc3)n2)cc(C(=O)O)c1C. The van der Waals surface area contributed by atoms with Gasteiger partial charge < -0.3 is 5.11 Å². The van der Waals surface area contributed by atoms with E-state index in [4.69, 9.17) is 0 Å². The van der Waals surface area contributed by atoms with Crippen LogP contribution in [-0.2, 0) is 10.0 Å². The fourth-order valence-corrected chi connectivity index (χ4v) is 4.00. The van der Waals surface area contributed by atoms with Crippen LogP contribution in [-0.4, -0.2) is 29.3 Å². The average molecular weight is 399 g/mol. The number of aromatic carboxylic acids is 1. The second-order valence-corrected chi connectivity index (χ2v) is 8.27. The van der Waals surface area contributed by atoms with E-state index in [1.165, 1.54) is 6.07 Å². The maximum atomic E-state index is 12.7. The maximum absolute atomic E-state index is 12.7. The van der Waals surface area contributed by atoms with E-state index in [0.29, 0.717) is 11.1 Å². The van der Waals surface area contributed by atoms with Gasteiger partial charge in [-0.25, -0.2) is 13.2 Å². The van der Waals surface area contributed by atoms with Crippen LogP contribution in [0.4, 0.5) is 5.82 Å². The van der Waals surface area contributed by atoms with Crippen LogP contribution in [0.2, 0.25) is 0 Å². The Morgan fingerprint density at radius 2 is 1.82 bits per heavy atom. The molecule has 0 fully saturated rings. The zero-order valence-electron chi connectivity index (χ0n) is 15.7. The molecule has 1 atom stereocenters. The quantitative estimate of drug-likeness (QED) is 0.659. The smallest absolute Gasteiger partial charge is 0.336 e. The molecule has 0 saturated heterocycles. The standard InChI is InChI=1S/C20H21N3O4S/c1-13-11-17(12-18(14(13)2)20(24)25)28(26,27)22-19-9-10-23(21-19)15(3)16-7-5-4-6-8-16/h4-12,15H,1-3H3,(H,21,22)(H,24,25). The molecule has 1 aromatic heterocycles. The summed E-state index contributed by atoms with van der Waals surface area (Å²) in [5, 5.41) is 13.6. The molecule has 146 valence electrons. The summed E-state index contributed by atoms with van der Waals surface area (Å²) >= 11 is 0. The van der Waals surface area contributed by atoms with Crippen LogP contribution in [0.5, 0.6) is 0 Å². The summed E-state index contributed by atoms with van der Waals surface area (Å²) in [5.74, 6) is -1.00. The molecule has 8 heteroatoms. The molecule has 0 aliphatic heterocycles. The minimum atomic E-state index is -3.97. The first-order valence-electron chi connectivity index (χ1n) is 8.66. The molecule has 1 unspecified atom stereocenters. The molecule has 3 aromatic rings. The van der Waals surface area contributed by atoms with Crippen molar-refractivity contribution in [3.05, 3.63) is 77.0 Å². The van der Waals surface area contributed by atoms with Gasteiger partial charge in [0.05, 0.1) is 16.5 Å². The highest BCUT2D eigenvalue weighted by Crippen LogP contribution is 2.23. The molecule has 0 amide bonds. The van der Waals surface area contributed by atoms with Gasteiger partial charge in [-0.2, -0.15) is 5.10 Å². The lowest BCUT2D eigenvalue weighted by atomic mass is 10.0. The lowest BCUT2D eigenvalue weighted by Crippen LogP contribution is -2.16. The van der Waals surface area contributed by atoms with Crippen molar-refractivity contribution in [3.8, 4) is 0 Å². The van der Waals surface area contributed by atoms with Crippen LogP contribution in [0.1, 0.15) is 40.0 Å². The van der Waals surface area contributed by atoms with Crippen molar-refractivity contribution >= 4 is 21.8 Å². The number of nitrogens with one attached hydrogen (secondary N) is 1. The molecule has 2 aromatic carbocycles. The molecule has 2 N–H and O–H groups in total. The molecule has 0 bridgehead atoms. The zero-order chi connectivity index (χ0) is 20.5. The molecule has 0 radical (unpaired) electrons. The van der Waals surface area contributed by atoms with Gasteiger partial charge in [-0.15, -0.1) is 0 Å². The van der Waals surface area contributed by atoms with Gasteiger partial charge in [0.2, 0.25) is 0 Å². The highest BCUT2D eigenvalue weighted by Gasteiger charge is 2.21. The number of aryl methyl sites for hydroxylation is 1. The maximum Gasteiger partial charge on any atom is 0.336 e. The number of carbonyl (C=O) groups is 1. The van der Waals surface area contributed by atoms with Crippen molar-refractivity contribution in [2.24, 2.45) is 0 Å². The van der Waals surface area contributed by atoms with Crippen molar-refractivity contribution in [2.75, 3.05) is 4.72 Å². The minimum Gasteiger partial charge on any atom is -0.478 e. The van der Waals surface area contributed by atoms with Gasteiger partial charge in [0, 0.05) is 12.3 Å². The summed E-state index contributed by atoms with van der Waals surface area (Å²) in [6.45, 7) is 5.29. The molecule has 0 spiro atoms. The van der Waals surface area contributed by atoms with Crippen LogP contribution in [0.15, 0.2) is 59.6 Å². The van der Waals surface area contributed by atoms with E-state index in [1.54, 1.807) is 30.8 Å². The molecule has 0 saturated carbocycles. The summed E-state index contributed by atoms with van der Waals surface area (Å²) in [5.41, 5.74) is 2.12. The van der Waals surface area contributed by atoms with Gasteiger partial charge in [0.15, 0.2) is 5.82 Å². The Morgan fingerprint density at radius 3 is 2.46 bits per heavy atom. The van der Waals surface area contributed by atoms with Gasteiger partial charge in [-0.05, 0) is 49.6 Å². The lowest BCUT2D eigenvalue weighted by molar-refractivity contribution is 0.0695. The van der Waals surface area contributed by atoms with E-state index in [-0.39, 0.29) is 22.3 Å². The summed E-state index contributed by atoms with van der Waals surface area (Å²) in [7, 11) is -3.97. The Labute approximate surface area is 163 Å². The predicted molar refractivity (Wildman–Crippen MR) is 106 cm³/mol. The normalized spacial score (nSPS) is 12.5. The van der Waals surface area contributed by atoms with E-state index in [2.05, 4.69) is 9.82 Å². The van der Waals surface area contributed by atoms with Crippen molar-refractivity contribution < 1.29 is 18.3 Å². The molecule has 3 rings (SSSR count). The Morgan fingerprint density at radius 1 is 1.14 bits per heavy atom. The van der Waals surface area contributed by atoms with E-state index in [9.17, 15) is 18.3 Å². The Kier molecular flexibility index (Phi) is 5.24. The first-order valence-corrected chi connectivity index (χ1v) is 10.1. The number of hydrogen-bond donors (Lipinski definition) is 2. The third kappa shape index (κ3) is 3.91. The van der Waals surface area contributed by atoms with Crippen LogP contribution in [0.3, 0.4) is 0 Å². The topological polar surface area (TPSA) is 101 Å². The molecule has 7 nitrogen and oxygen atoms in total. The third-order valence-electron chi connectivity index (χ3n) is 4.71. The molecular formula is C20H21N3O4S. The Balaban J connectivity index is 1.88. The number of sulfonamides is 1. The molecule has 0 aliphatic carbocycles. The molecule has 28 heavy (non-hydrogen) atoms. The van der Waals surface area contributed by atoms with E-state index >= 15 is 0 Å². The van der Waals surface area contributed by atoms with E-state index < -0.39 is 16.0 Å². The average Bonchev–Trinajstić information content (AvgIpc) is 3.11. The number of rotatable bonds is 6. The van der Waals surface area contributed by atoms with Gasteiger partial charge in [-0.1, -0.05) is 30.3 Å².